The van der Waals surface area contributed by atoms with E-state index >= 15 is 0 Å². The van der Waals surface area contributed by atoms with Crippen molar-refractivity contribution in [3.63, 3.8) is 0 Å². The van der Waals surface area contributed by atoms with Crippen LogP contribution in [0.2, 0.25) is 0 Å². The Bertz CT molecular complexity index is 264. The van der Waals surface area contributed by atoms with Crippen molar-refractivity contribution in [2.75, 3.05) is 6.61 Å². The summed E-state index contributed by atoms with van der Waals surface area (Å²) in [5.74, 6) is 0.213. The highest BCUT2D eigenvalue weighted by Gasteiger charge is 2.41. The number of carbonyl (C=O) groups excluding carboxylic acids is 1. The molecule has 2 fully saturated rings. The van der Waals surface area contributed by atoms with Crippen molar-refractivity contribution in [3.8, 4) is 0 Å². The van der Waals surface area contributed by atoms with E-state index in [-0.39, 0.29) is 24.5 Å². The van der Waals surface area contributed by atoms with Gasteiger partial charge in [0.25, 0.3) is 0 Å². The second-order valence-electron chi connectivity index (χ2n) is 5.32. The van der Waals surface area contributed by atoms with Gasteiger partial charge in [0, 0.05) is 18.6 Å². The molecule has 16 heavy (non-hydrogen) atoms. The average molecular weight is 226 g/mol. The predicted octanol–water partition coefficient (Wildman–Crippen LogP) is 0.535. The predicted molar refractivity (Wildman–Crippen MR) is 61.7 cm³/mol. The minimum Gasteiger partial charge on any atom is -0.396 e. The Morgan fingerprint density at radius 3 is 2.56 bits per heavy atom. The quantitative estimate of drug-likeness (QED) is 0.657. The summed E-state index contributed by atoms with van der Waals surface area (Å²) in [5.41, 5.74) is 5.36. The van der Waals surface area contributed by atoms with Gasteiger partial charge in [0.2, 0.25) is 5.91 Å². The summed E-state index contributed by atoms with van der Waals surface area (Å²) in [6.07, 6.45) is 6.94. The second kappa shape index (κ2) is 4.72. The van der Waals surface area contributed by atoms with Crippen LogP contribution in [0.3, 0.4) is 0 Å². The maximum atomic E-state index is 12.0. The molecule has 0 aromatic heterocycles. The van der Waals surface area contributed by atoms with Gasteiger partial charge in [-0.1, -0.05) is 12.8 Å². The van der Waals surface area contributed by atoms with E-state index in [1.54, 1.807) is 0 Å². The molecule has 0 bridgehead atoms. The first kappa shape index (κ1) is 11.9. The van der Waals surface area contributed by atoms with Crippen molar-refractivity contribution in [1.29, 1.82) is 0 Å². The van der Waals surface area contributed by atoms with Gasteiger partial charge in [0.05, 0.1) is 5.54 Å². The Hall–Kier alpha value is -0.610. The molecule has 2 aliphatic rings. The van der Waals surface area contributed by atoms with Crippen molar-refractivity contribution < 1.29 is 9.90 Å². The summed E-state index contributed by atoms with van der Waals surface area (Å²) in [6, 6.07) is 0.132. The van der Waals surface area contributed by atoms with Crippen molar-refractivity contribution in [2.24, 2.45) is 11.7 Å². The standard InChI is InChI=1S/C12H22N2O2/c13-12(6-3-7-12)11(16)14-10-5-2-1-4-9(10)8-15/h9-10,15H,1-8,13H2,(H,14,16). The summed E-state index contributed by atoms with van der Waals surface area (Å²) in [4.78, 5) is 12.0. The lowest BCUT2D eigenvalue weighted by Crippen LogP contribution is -2.61. The molecule has 0 aromatic carbocycles. The van der Waals surface area contributed by atoms with E-state index in [2.05, 4.69) is 5.32 Å². The molecule has 0 radical (unpaired) electrons. The smallest absolute Gasteiger partial charge is 0.240 e. The molecule has 92 valence electrons. The van der Waals surface area contributed by atoms with Crippen LogP contribution < -0.4 is 11.1 Å². The topological polar surface area (TPSA) is 75.4 Å². The molecule has 4 heteroatoms. The third-order valence-electron chi connectivity index (χ3n) is 4.16. The van der Waals surface area contributed by atoms with Crippen molar-refractivity contribution >= 4 is 5.91 Å². The molecule has 4 nitrogen and oxygen atoms in total. The molecule has 2 atom stereocenters. The van der Waals surface area contributed by atoms with Gasteiger partial charge in [-0.05, 0) is 32.1 Å². The summed E-state index contributed by atoms with van der Waals surface area (Å²) in [5, 5.41) is 12.3. The van der Waals surface area contributed by atoms with Gasteiger partial charge in [0.1, 0.15) is 0 Å². The minimum absolute atomic E-state index is 0.0101. The second-order valence-corrected chi connectivity index (χ2v) is 5.32. The molecular formula is C12H22N2O2. The molecule has 0 saturated heterocycles. The first-order valence-corrected chi connectivity index (χ1v) is 6.36. The van der Waals surface area contributed by atoms with E-state index in [1.165, 1.54) is 0 Å². The monoisotopic (exact) mass is 226 g/mol. The fraction of sp³-hybridized carbons (Fsp3) is 0.917. The Morgan fingerprint density at radius 2 is 2.00 bits per heavy atom. The summed E-state index contributed by atoms with van der Waals surface area (Å²) in [6.45, 7) is 0.169. The Morgan fingerprint density at radius 1 is 1.31 bits per heavy atom. The van der Waals surface area contributed by atoms with Crippen LogP contribution in [0.1, 0.15) is 44.9 Å². The van der Waals surface area contributed by atoms with Crippen LogP contribution in [0.4, 0.5) is 0 Å². The fourth-order valence-electron chi connectivity index (χ4n) is 2.71. The van der Waals surface area contributed by atoms with E-state index in [0.29, 0.717) is 0 Å². The normalized spacial score (nSPS) is 32.9. The van der Waals surface area contributed by atoms with E-state index in [4.69, 9.17) is 5.73 Å². The van der Waals surface area contributed by atoms with E-state index in [9.17, 15) is 9.90 Å². The van der Waals surface area contributed by atoms with Gasteiger partial charge < -0.3 is 16.2 Å². The number of amides is 1. The molecule has 2 unspecified atom stereocenters. The highest BCUT2D eigenvalue weighted by molar-refractivity contribution is 5.87. The van der Waals surface area contributed by atoms with Gasteiger partial charge in [-0.25, -0.2) is 0 Å². The number of rotatable bonds is 3. The number of aliphatic hydroxyl groups excluding tert-OH is 1. The van der Waals surface area contributed by atoms with Gasteiger partial charge in [0.15, 0.2) is 0 Å². The van der Waals surface area contributed by atoms with Crippen LogP contribution >= 0.6 is 0 Å². The SMILES string of the molecule is NC1(C(=O)NC2CCCCC2CO)CCC1. The highest BCUT2D eigenvalue weighted by Crippen LogP contribution is 2.30. The van der Waals surface area contributed by atoms with Crippen molar-refractivity contribution in [3.05, 3.63) is 0 Å². The van der Waals surface area contributed by atoms with Crippen LogP contribution in [0.25, 0.3) is 0 Å². The lowest BCUT2D eigenvalue weighted by molar-refractivity contribution is -0.130. The van der Waals surface area contributed by atoms with Gasteiger partial charge in [-0.15, -0.1) is 0 Å². The number of nitrogens with one attached hydrogen (secondary N) is 1. The Kier molecular flexibility index (Phi) is 3.50. The number of hydrogen-bond acceptors (Lipinski definition) is 3. The molecule has 2 saturated carbocycles. The molecule has 0 aliphatic heterocycles. The highest BCUT2D eigenvalue weighted by atomic mass is 16.3. The van der Waals surface area contributed by atoms with Crippen molar-refractivity contribution in [2.45, 2.75) is 56.5 Å². The Balaban J connectivity index is 1.89. The average Bonchev–Trinajstić information content (AvgIpc) is 2.26. The largest absolute Gasteiger partial charge is 0.396 e. The Labute approximate surface area is 96.6 Å². The minimum atomic E-state index is -0.614. The van der Waals surface area contributed by atoms with Crippen molar-refractivity contribution in [1.82, 2.24) is 5.32 Å². The lowest BCUT2D eigenvalue weighted by Gasteiger charge is -2.39. The van der Waals surface area contributed by atoms with Gasteiger partial charge in [-0.2, -0.15) is 0 Å². The molecule has 4 N–H and O–H groups in total. The third kappa shape index (κ3) is 2.23. The zero-order valence-corrected chi connectivity index (χ0v) is 9.74. The zero-order valence-electron chi connectivity index (χ0n) is 9.74. The summed E-state index contributed by atoms with van der Waals surface area (Å²) in [7, 11) is 0. The molecule has 1 amide bonds. The zero-order chi connectivity index (χ0) is 11.6. The van der Waals surface area contributed by atoms with E-state index < -0.39 is 5.54 Å². The first-order chi connectivity index (χ1) is 7.65. The summed E-state index contributed by atoms with van der Waals surface area (Å²) < 4.78 is 0. The van der Waals surface area contributed by atoms with Crippen LogP contribution in [0.15, 0.2) is 0 Å². The molecule has 0 heterocycles. The number of hydrogen-bond donors (Lipinski definition) is 3. The molecular weight excluding hydrogens is 204 g/mol. The van der Waals surface area contributed by atoms with Crippen LogP contribution in [0, 0.1) is 5.92 Å². The van der Waals surface area contributed by atoms with E-state index in [0.717, 1.165) is 44.9 Å². The first-order valence-electron chi connectivity index (χ1n) is 6.36. The van der Waals surface area contributed by atoms with Gasteiger partial charge in [-0.3, -0.25) is 4.79 Å². The molecule has 2 rings (SSSR count). The van der Waals surface area contributed by atoms with Gasteiger partial charge >= 0.3 is 0 Å². The van der Waals surface area contributed by atoms with E-state index in [1.807, 2.05) is 0 Å². The number of nitrogens with two attached hydrogens (primary N) is 1. The van der Waals surface area contributed by atoms with Crippen LogP contribution in [0.5, 0.6) is 0 Å². The maximum Gasteiger partial charge on any atom is 0.240 e. The van der Waals surface area contributed by atoms with Crippen LogP contribution in [-0.4, -0.2) is 29.2 Å². The fourth-order valence-corrected chi connectivity index (χ4v) is 2.71. The molecule has 0 aromatic rings. The lowest BCUT2D eigenvalue weighted by atomic mass is 9.76. The third-order valence-corrected chi connectivity index (χ3v) is 4.16. The molecule has 2 aliphatic carbocycles. The van der Waals surface area contributed by atoms with Crippen LogP contribution in [-0.2, 0) is 4.79 Å². The maximum absolute atomic E-state index is 12.0. The number of carbonyl (C=O) groups is 1. The molecule has 0 spiro atoms. The summed E-state index contributed by atoms with van der Waals surface area (Å²) >= 11 is 0. The number of aliphatic hydroxyl groups is 1.